The van der Waals surface area contributed by atoms with Crippen molar-refractivity contribution in [3.63, 3.8) is 0 Å². The average Bonchev–Trinajstić information content (AvgIpc) is 2.46. The minimum atomic E-state index is 0.738. The lowest BCUT2D eigenvalue weighted by molar-refractivity contribution is 0.0584. The van der Waals surface area contributed by atoms with E-state index in [0.717, 1.165) is 24.0 Å². The van der Waals surface area contributed by atoms with Crippen molar-refractivity contribution in [2.75, 3.05) is 33.7 Å². The normalized spacial score (nSPS) is 33.8. The maximum Gasteiger partial charge on any atom is 0.0251 e. The molecule has 1 N–H and O–H groups in total. The van der Waals surface area contributed by atoms with Gasteiger partial charge in [0.25, 0.3) is 0 Å². The number of hydrogen-bond donors (Lipinski definition) is 1. The second-order valence-electron chi connectivity index (χ2n) is 7.28. The van der Waals surface area contributed by atoms with Gasteiger partial charge in [-0.25, -0.2) is 0 Å². The first-order valence-corrected chi connectivity index (χ1v) is 8.75. The fourth-order valence-corrected chi connectivity index (χ4v) is 4.06. The van der Waals surface area contributed by atoms with Gasteiger partial charge >= 0.3 is 0 Å². The van der Waals surface area contributed by atoms with Crippen LogP contribution in [0.2, 0.25) is 0 Å². The summed E-state index contributed by atoms with van der Waals surface area (Å²) in [4.78, 5) is 5.20. The number of nitrogens with zero attached hydrogens (tertiary/aromatic N) is 2. The van der Waals surface area contributed by atoms with Crippen LogP contribution in [0.25, 0.3) is 0 Å². The molecule has 2 aliphatic rings. The first-order chi connectivity index (χ1) is 9.61. The summed E-state index contributed by atoms with van der Waals surface area (Å²) < 4.78 is 0. The van der Waals surface area contributed by atoms with E-state index in [9.17, 15) is 0 Å². The maximum absolute atomic E-state index is 3.82. The van der Waals surface area contributed by atoms with Crippen molar-refractivity contribution in [1.29, 1.82) is 0 Å². The van der Waals surface area contributed by atoms with Crippen LogP contribution >= 0.6 is 0 Å². The van der Waals surface area contributed by atoms with E-state index in [4.69, 9.17) is 0 Å². The van der Waals surface area contributed by atoms with Gasteiger partial charge in [0.1, 0.15) is 0 Å². The molecule has 3 nitrogen and oxygen atoms in total. The fourth-order valence-electron chi connectivity index (χ4n) is 4.06. The monoisotopic (exact) mass is 281 g/mol. The van der Waals surface area contributed by atoms with Crippen molar-refractivity contribution in [3.05, 3.63) is 0 Å². The molecule has 1 heterocycles. The first-order valence-electron chi connectivity index (χ1n) is 8.75. The van der Waals surface area contributed by atoms with E-state index in [0.29, 0.717) is 0 Å². The van der Waals surface area contributed by atoms with Crippen LogP contribution in [-0.4, -0.2) is 61.7 Å². The first kappa shape index (κ1) is 16.3. The van der Waals surface area contributed by atoms with Crippen LogP contribution in [0.4, 0.5) is 0 Å². The van der Waals surface area contributed by atoms with Crippen molar-refractivity contribution >= 4 is 0 Å². The minimum Gasteiger partial charge on any atom is -0.312 e. The van der Waals surface area contributed by atoms with Crippen LogP contribution in [0.3, 0.4) is 0 Å². The van der Waals surface area contributed by atoms with Gasteiger partial charge in [0.2, 0.25) is 0 Å². The zero-order chi connectivity index (χ0) is 14.5. The second-order valence-corrected chi connectivity index (χ2v) is 7.28. The molecule has 3 unspecified atom stereocenters. The largest absolute Gasteiger partial charge is 0.312 e. The molecule has 2 fully saturated rings. The van der Waals surface area contributed by atoms with E-state index in [1.165, 1.54) is 58.2 Å². The zero-order valence-corrected chi connectivity index (χ0v) is 14.1. The summed E-state index contributed by atoms with van der Waals surface area (Å²) in [5.74, 6) is 0.909. The summed E-state index contributed by atoms with van der Waals surface area (Å²) in [5.41, 5.74) is 0. The second kappa shape index (κ2) is 7.77. The number of nitrogens with one attached hydrogen (secondary N) is 1. The molecule has 1 saturated heterocycles. The third kappa shape index (κ3) is 4.19. The highest BCUT2D eigenvalue weighted by molar-refractivity contribution is 4.92. The molecule has 0 amide bonds. The lowest BCUT2D eigenvalue weighted by atomic mass is 9.81. The van der Waals surface area contributed by atoms with E-state index < -0.39 is 0 Å². The van der Waals surface area contributed by atoms with E-state index in [-0.39, 0.29) is 0 Å². The van der Waals surface area contributed by atoms with Crippen LogP contribution < -0.4 is 5.32 Å². The summed E-state index contributed by atoms with van der Waals surface area (Å²) in [6, 6.07) is 2.32. The summed E-state index contributed by atoms with van der Waals surface area (Å²) in [5, 5.41) is 3.82. The topological polar surface area (TPSA) is 18.5 Å². The molecular weight excluding hydrogens is 246 g/mol. The van der Waals surface area contributed by atoms with E-state index >= 15 is 0 Å². The van der Waals surface area contributed by atoms with E-state index in [1.807, 2.05) is 0 Å². The number of piperidine rings is 1. The van der Waals surface area contributed by atoms with Crippen molar-refractivity contribution in [3.8, 4) is 0 Å². The molecule has 1 aliphatic heterocycles. The highest BCUT2D eigenvalue weighted by Gasteiger charge is 2.34. The Morgan fingerprint density at radius 2 is 1.80 bits per heavy atom. The molecule has 0 spiro atoms. The Morgan fingerprint density at radius 1 is 1.10 bits per heavy atom. The van der Waals surface area contributed by atoms with Gasteiger partial charge in [-0.05, 0) is 78.2 Å². The Balaban J connectivity index is 1.90. The molecular formula is C17H35N3. The molecule has 0 aromatic rings. The zero-order valence-electron chi connectivity index (χ0n) is 14.1. The molecule has 2 rings (SSSR count). The Morgan fingerprint density at radius 3 is 2.40 bits per heavy atom. The highest BCUT2D eigenvalue weighted by atomic mass is 15.2. The third-order valence-electron chi connectivity index (χ3n) is 5.43. The maximum atomic E-state index is 3.82. The van der Waals surface area contributed by atoms with E-state index in [2.05, 4.69) is 43.1 Å². The average molecular weight is 281 g/mol. The Hall–Kier alpha value is -0.120. The SMILES string of the molecule is CCCNC1CCC(C)CC1N1CCC(N(C)C)CC1. The minimum absolute atomic E-state index is 0.738. The van der Waals surface area contributed by atoms with Gasteiger partial charge in [0.15, 0.2) is 0 Å². The molecule has 0 bridgehead atoms. The predicted octanol–water partition coefficient (Wildman–Crippen LogP) is 2.57. The van der Waals surface area contributed by atoms with Crippen LogP contribution in [-0.2, 0) is 0 Å². The van der Waals surface area contributed by atoms with E-state index in [1.54, 1.807) is 0 Å². The molecule has 1 saturated carbocycles. The smallest absolute Gasteiger partial charge is 0.0251 e. The summed E-state index contributed by atoms with van der Waals surface area (Å²) in [6.07, 6.45) is 8.12. The lowest BCUT2D eigenvalue weighted by Crippen LogP contribution is -2.56. The van der Waals surface area contributed by atoms with Crippen LogP contribution in [0.5, 0.6) is 0 Å². The molecule has 1 aliphatic carbocycles. The molecule has 0 aromatic heterocycles. The van der Waals surface area contributed by atoms with Crippen molar-refractivity contribution in [1.82, 2.24) is 15.1 Å². The Bertz CT molecular complexity index is 269. The van der Waals surface area contributed by atoms with Gasteiger partial charge < -0.3 is 10.2 Å². The van der Waals surface area contributed by atoms with Gasteiger partial charge in [-0.15, -0.1) is 0 Å². The summed E-state index contributed by atoms with van der Waals surface area (Å²) in [6.45, 7) is 8.49. The Labute approximate surface area is 126 Å². The third-order valence-corrected chi connectivity index (χ3v) is 5.43. The Kier molecular flexibility index (Phi) is 6.31. The van der Waals surface area contributed by atoms with Crippen molar-refractivity contribution in [2.45, 2.75) is 70.5 Å². The predicted molar refractivity (Wildman–Crippen MR) is 87.2 cm³/mol. The summed E-state index contributed by atoms with van der Waals surface area (Å²) in [7, 11) is 4.46. The van der Waals surface area contributed by atoms with Crippen LogP contribution in [0.1, 0.15) is 52.4 Å². The quantitative estimate of drug-likeness (QED) is 0.835. The summed E-state index contributed by atoms with van der Waals surface area (Å²) >= 11 is 0. The fraction of sp³-hybridized carbons (Fsp3) is 1.00. The lowest BCUT2D eigenvalue weighted by Gasteiger charge is -2.46. The molecule has 118 valence electrons. The van der Waals surface area contributed by atoms with Gasteiger partial charge in [0.05, 0.1) is 0 Å². The van der Waals surface area contributed by atoms with Crippen LogP contribution in [0, 0.1) is 5.92 Å². The van der Waals surface area contributed by atoms with Gasteiger partial charge in [-0.2, -0.15) is 0 Å². The number of rotatable bonds is 5. The molecule has 3 heteroatoms. The number of likely N-dealkylation sites (tertiary alicyclic amines) is 1. The van der Waals surface area contributed by atoms with Crippen molar-refractivity contribution in [2.24, 2.45) is 5.92 Å². The highest BCUT2D eigenvalue weighted by Crippen LogP contribution is 2.30. The van der Waals surface area contributed by atoms with Gasteiger partial charge in [-0.3, -0.25) is 4.90 Å². The number of hydrogen-bond acceptors (Lipinski definition) is 3. The molecule has 0 radical (unpaired) electrons. The van der Waals surface area contributed by atoms with Crippen molar-refractivity contribution < 1.29 is 0 Å². The standard InChI is InChI=1S/C17H35N3/c1-5-10-18-16-7-6-14(2)13-17(16)20-11-8-15(9-12-20)19(3)4/h14-18H,5-13H2,1-4H3. The van der Waals surface area contributed by atoms with Gasteiger partial charge in [0, 0.05) is 18.1 Å². The molecule has 20 heavy (non-hydrogen) atoms. The van der Waals surface area contributed by atoms with Gasteiger partial charge in [-0.1, -0.05) is 13.8 Å². The van der Waals surface area contributed by atoms with Crippen LogP contribution in [0.15, 0.2) is 0 Å². The molecule has 3 atom stereocenters. The molecule has 0 aromatic carbocycles.